The summed E-state index contributed by atoms with van der Waals surface area (Å²) in [6.07, 6.45) is -3.98. The maximum atomic E-state index is 13.5. The second-order valence-corrected chi connectivity index (χ2v) is 9.64. The van der Waals surface area contributed by atoms with Crippen LogP contribution in [0.25, 0.3) is 0 Å². The number of halogens is 3. The van der Waals surface area contributed by atoms with Gasteiger partial charge in [-0.05, 0) is 48.2 Å². The molecule has 0 N–H and O–H groups in total. The van der Waals surface area contributed by atoms with Gasteiger partial charge in [-0.25, -0.2) is 5.01 Å². The van der Waals surface area contributed by atoms with Crippen LogP contribution in [-0.2, 0) is 15.7 Å². The molecule has 37 heavy (non-hydrogen) atoms. The summed E-state index contributed by atoms with van der Waals surface area (Å²) < 4.78 is 44.0. The Hall–Kier alpha value is -3.50. The Labute approximate surface area is 217 Å². The molecule has 2 aromatic carbocycles. The van der Waals surface area contributed by atoms with Gasteiger partial charge in [0.25, 0.3) is 11.8 Å². The first-order valence-electron chi connectivity index (χ1n) is 11.6. The van der Waals surface area contributed by atoms with Gasteiger partial charge in [-0.1, -0.05) is 35.9 Å². The van der Waals surface area contributed by atoms with E-state index in [9.17, 15) is 22.8 Å². The number of aryl methyl sites for hydroxylation is 1. The fraction of sp³-hybridized carbons (Fsp3) is 0.296. The van der Waals surface area contributed by atoms with E-state index in [2.05, 4.69) is 5.10 Å². The molecule has 0 radical (unpaired) electrons. The van der Waals surface area contributed by atoms with E-state index in [4.69, 9.17) is 4.74 Å². The standard InChI is InChI=1S/C27H26F3N3O3S/c1-18-5-7-19(8-6-18)23-16-22(24-4-3-15-37-24)31-33(23)25(34)17-32(13-14-36-2)26(35)20-9-11-21(12-10-20)27(28,29)30/h3-12,15,23H,13-14,16-17H2,1-2H3/t23-/m0/s1. The summed E-state index contributed by atoms with van der Waals surface area (Å²) >= 11 is 1.53. The monoisotopic (exact) mass is 529 g/mol. The molecule has 0 aliphatic carbocycles. The summed E-state index contributed by atoms with van der Waals surface area (Å²) in [5, 5.41) is 7.99. The van der Waals surface area contributed by atoms with Crippen molar-refractivity contribution in [1.29, 1.82) is 0 Å². The number of amides is 2. The smallest absolute Gasteiger partial charge is 0.383 e. The third-order valence-electron chi connectivity index (χ3n) is 6.07. The lowest BCUT2D eigenvalue weighted by molar-refractivity contribution is -0.137. The zero-order valence-electron chi connectivity index (χ0n) is 20.4. The minimum absolute atomic E-state index is 0.0520. The van der Waals surface area contributed by atoms with E-state index in [0.717, 1.165) is 46.0 Å². The van der Waals surface area contributed by atoms with Crippen LogP contribution in [0.2, 0.25) is 0 Å². The van der Waals surface area contributed by atoms with Crippen LogP contribution in [0, 0.1) is 6.92 Å². The maximum Gasteiger partial charge on any atom is 0.416 e. The van der Waals surface area contributed by atoms with Gasteiger partial charge in [0.05, 0.1) is 28.8 Å². The zero-order chi connectivity index (χ0) is 26.6. The Morgan fingerprint density at radius 3 is 2.41 bits per heavy atom. The summed E-state index contributed by atoms with van der Waals surface area (Å²) in [6.45, 7) is 1.93. The van der Waals surface area contributed by atoms with Crippen molar-refractivity contribution in [3.8, 4) is 0 Å². The van der Waals surface area contributed by atoms with Gasteiger partial charge < -0.3 is 9.64 Å². The summed E-state index contributed by atoms with van der Waals surface area (Å²) in [5.74, 6) is -0.957. The predicted molar refractivity (Wildman–Crippen MR) is 135 cm³/mol. The average Bonchev–Trinajstić information content (AvgIpc) is 3.56. The van der Waals surface area contributed by atoms with E-state index in [1.807, 2.05) is 48.7 Å². The van der Waals surface area contributed by atoms with Crippen molar-refractivity contribution in [3.63, 3.8) is 0 Å². The molecular weight excluding hydrogens is 503 g/mol. The summed E-state index contributed by atoms with van der Waals surface area (Å²) in [4.78, 5) is 29.0. The van der Waals surface area contributed by atoms with E-state index >= 15 is 0 Å². The van der Waals surface area contributed by atoms with Gasteiger partial charge in [0.1, 0.15) is 6.54 Å². The van der Waals surface area contributed by atoms with Gasteiger partial charge >= 0.3 is 6.18 Å². The minimum Gasteiger partial charge on any atom is -0.383 e. The number of benzene rings is 2. The number of nitrogens with zero attached hydrogens (tertiary/aromatic N) is 3. The highest BCUT2D eigenvalue weighted by atomic mass is 32.1. The Balaban J connectivity index is 1.58. The highest BCUT2D eigenvalue weighted by Gasteiger charge is 2.35. The van der Waals surface area contributed by atoms with Crippen molar-refractivity contribution in [2.75, 3.05) is 26.8 Å². The largest absolute Gasteiger partial charge is 0.416 e. The second-order valence-electron chi connectivity index (χ2n) is 8.69. The van der Waals surface area contributed by atoms with Gasteiger partial charge in [-0.3, -0.25) is 9.59 Å². The Morgan fingerprint density at radius 2 is 1.81 bits per heavy atom. The van der Waals surface area contributed by atoms with Gasteiger partial charge in [0, 0.05) is 25.6 Å². The van der Waals surface area contributed by atoms with Gasteiger partial charge in [0.2, 0.25) is 0 Å². The second kappa shape index (κ2) is 11.3. The molecule has 0 saturated carbocycles. The van der Waals surface area contributed by atoms with E-state index in [1.54, 1.807) is 0 Å². The fourth-order valence-corrected chi connectivity index (χ4v) is 4.78. The summed E-state index contributed by atoms with van der Waals surface area (Å²) in [5.41, 5.74) is 2.00. The predicted octanol–water partition coefficient (Wildman–Crippen LogP) is 5.54. The number of alkyl halides is 3. The average molecular weight is 530 g/mol. The lowest BCUT2D eigenvalue weighted by Gasteiger charge is -2.27. The topological polar surface area (TPSA) is 62.2 Å². The van der Waals surface area contributed by atoms with E-state index in [0.29, 0.717) is 6.42 Å². The highest BCUT2D eigenvalue weighted by molar-refractivity contribution is 7.12. The van der Waals surface area contributed by atoms with Crippen LogP contribution >= 0.6 is 11.3 Å². The Bertz CT molecular complexity index is 1260. The third kappa shape index (κ3) is 6.26. The molecule has 4 rings (SSSR count). The van der Waals surface area contributed by atoms with Crippen LogP contribution in [0.4, 0.5) is 13.2 Å². The molecule has 1 aromatic heterocycles. The zero-order valence-corrected chi connectivity index (χ0v) is 21.2. The lowest BCUT2D eigenvalue weighted by atomic mass is 10.00. The minimum atomic E-state index is -4.51. The van der Waals surface area contributed by atoms with Crippen molar-refractivity contribution in [3.05, 3.63) is 93.2 Å². The molecule has 1 aliphatic heterocycles. The van der Waals surface area contributed by atoms with Crippen molar-refractivity contribution in [2.45, 2.75) is 25.6 Å². The van der Waals surface area contributed by atoms with E-state index in [-0.39, 0.29) is 31.3 Å². The molecule has 6 nitrogen and oxygen atoms in total. The summed E-state index contributed by atoms with van der Waals surface area (Å²) in [7, 11) is 1.47. The molecule has 0 fully saturated rings. The molecule has 0 spiro atoms. The molecule has 10 heteroatoms. The molecular formula is C27H26F3N3O3S. The van der Waals surface area contributed by atoms with Crippen LogP contribution < -0.4 is 0 Å². The Kier molecular flexibility index (Phi) is 8.09. The number of carbonyl (C=O) groups excluding carboxylic acids is 2. The molecule has 2 heterocycles. The number of rotatable bonds is 8. The molecule has 1 atom stereocenters. The molecule has 0 saturated heterocycles. The maximum absolute atomic E-state index is 13.5. The van der Waals surface area contributed by atoms with E-state index in [1.165, 1.54) is 28.4 Å². The quantitative estimate of drug-likeness (QED) is 0.385. The number of carbonyl (C=O) groups is 2. The first-order valence-corrected chi connectivity index (χ1v) is 12.5. The number of thiophene rings is 1. The van der Waals surface area contributed by atoms with Crippen LogP contribution in [0.3, 0.4) is 0 Å². The molecule has 2 amide bonds. The SMILES string of the molecule is COCCN(CC(=O)N1N=C(c2cccs2)C[C@H]1c1ccc(C)cc1)C(=O)c1ccc(C(F)(F)F)cc1. The first-order chi connectivity index (χ1) is 17.7. The fourth-order valence-electron chi connectivity index (χ4n) is 4.05. The van der Waals surface area contributed by atoms with Crippen LogP contribution in [0.5, 0.6) is 0 Å². The number of methoxy groups -OCH3 is 1. The lowest BCUT2D eigenvalue weighted by Crippen LogP contribution is -2.42. The van der Waals surface area contributed by atoms with Crippen molar-refractivity contribution in [1.82, 2.24) is 9.91 Å². The van der Waals surface area contributed by atoms with Crippen molar-refractivity contribution < 1.29 is 27.5 Å². The highest BCUT2D eigenvalue weighted by Crippen LogP contribution is 2.34. The molecule has 194 valence electrons. The van der Waals surface area contributed by atoms with Crippen LogP contribution in [-0.4, -0.2) is 54.2 Å². The van der Waals surface area contributed by atoms with E-state index < -0.39 is 23.6 Å². The van der Waals surface area contributed by atoms with Crippen molar-refractivity contribution >= 4 is 28.9 Å². The normalized spacial score (nSPS) is 15.5. The number of hydrazone groups is 1. The Morgan fingerprint density at radius 1 is 1.11 bits per heavy atom. The number of hydrogen-bond donors (Lipinski definition) is 0. The number of ether oxygens (including phenoxy) is 1. The molecule has 3 aromatic rings. The first kappa shape index (κ1) is 26.6. The molecule has 1 aliphatic rings. The van der Waals surface area contributed by atoms with Gasteiger partial charge in [0.15, 0.2) is 0 Å². The van der Waals surface area contributed by atoms with Crippen LogP contribution in [0.15, 0.2) is 71.1 Å². The van der Waals surface area contributed by atoms with Gasteiger partial charge in [-0.2, -0.15) is 18.3 Å². The third-order valence-corrected chi connectivity index (χ3v) is 6.99. The van der Waals surface area contributed by atoms with Crippen LogP contribution in [0.1, 0.15) is 44.4 Å². The number of hydrogen-bond acceptors (Lipinski definition) is 5. The molecule has 0 bridgehead atoms. The molecule has 0 unspecified atom stereocenters. The van der Waals surface area contributed by atoms with Crippen molar-refractivity contribution in [2.24, 2.45) is 5.10 Å². The van der Waals surface area contributed by atoms with Gasteiger partial charge in [-0.15, -0.1) is 11.3 Å². The summed E-state index contributed by atoms with van der Waals surface area (Å²) in [6, 6.07) is 15.3.